The first-order chi connectivity index (χ1) is 8.19. The summed E-state index contributed by atoms with van der Waals surface area (Å²) in [5.74, 6) is -0.0284. The van der Waals surface area contributed by atoms with Gasteiger partial charge in [0.05, 0.1) is 6.10 Å². The molecule has 4 heteroatoms. The standard InChI is InChI=1S/C13H17NO3/c1-2-17-12-7-10(8-12)14-13(16)9-4-3-5-11(15)6-9/h3-6,10,12,15H,2,7-8H2,1H3,(H,14,16). The van der Waals surface area contributed by atoms with Crippen molar-refractivity contribution in [2.45, 2.75) is 31.9 Å². The molecule has 1 aromatic rings. The van der Waals surface area contributed by atoms with Crippen molar-refractivity contribution in [2.24, 2.45) is 0 Å². The quantitative estimate of drug-likeness (QED) is 0.835. The van der Waals surface area contributed by atoms with E-state index in [1.54, 1.807) is 18.2 Å². The molecule has 17 heavy (non-hydrogen) atoms. The molecule has 1 amide bonds. The van der Waals surface area contributed by atoms with Crippen LogP contribution in [0.15, 0.2) is 24.3 Å². The van der Waals surface area contributed by atoms with Crippen LogP contribution in [0.4, 0.5) is 0 Å². The number of phenols is 1. The molecule has 0 heterocycles. The van der Waals surface area contributed by atoms with Gasteiger partial charge in [-0.25, -0.2) is 0 Å². The van der Waals surface area contributed by atoms with Gasteiger partial charge in [0, 0.05) is 18.2 Å². The second-order valence-corrected chi connectivity index (χ2v) is 4.27. The number of hydrogen-bond acceptors (Lipinski definition) is 3. The Hall–Kier alpha value is -1.55. The number of ether oxygens (including phenoxy) is 1. The van der Waals surface area contributed by atoms with Crippen molar-refractivity contribution in [2.75, 3.05) is 6.61 Å². The molecule has 1 aromatic carbocycles. The molecule has 0 spiro atoms. The molecular formula is C13H17NO3. The van der Waals surface area contributed by atoms with Gasteiger partial charge in [0.15, 0.2) is 0 Å². The predicted octanol–water partition coefficient (Wildman–Crippen LogP) is 1.69. The lowest BCUT2D eigenvalue weighted by Crippen LogP contribution is -2.47. The topological polar surface area (TPSA) is 58.6 Å². The normalized spacial score (nSPS) is 22.9. The number of rotatable bonds is 4. The minimum absolute atomic E-state index is 0.110. The van der Waals surface area contributed by atoms with Gasteiger partial charge in [0.25, 0.3) is 5.91 Å². The van der Waals surface area contributed by atoms with E-state index in [0.29, 0.717) is 5.56 Å². The molecule has 4 nitrogen and oxygen atoms in total. The van der Waals surface area contributed by atoms with Crippen LogP contribution in [0.25, 0.3) is 0 Å². The SMILES string of the molecule is CCOC1CC(NC(=O)c2cccc(O)c2)C1. The molecule has 0 saturated heterocycles. The molecule has 0 atom stereocenters. The monoisotopic (exact) mass is 235 g/mol. The maximum atomic E-state index is 11.8. The van der Waals surface area contributed by atoms with Crippen LogP contribution < -0.4 is 5.32 Å². The Morgan fingerprint density at radius 2 is 2.29 bits per heavy atom. The summed E-state index contributed by atoms with van der Waals surface area (Å²) in [4.78, 5) is 11.8. The van der Waals surface area contributed by atoms with Gasteiger partial charge in [-0.3, -0.25) is 4.79 Å². The summed E-state index contributed by atoms with van der Waals surface area (Å²) in [6.07, 6.45) is 2.03. The second kappa shape index (κ2) is 5.19. The van der Waals surface area contributed by atoms with E-state index in [-0.39, 0.29) is 23.8 Å². The Morgan fingerprint density at radius 3 is 2.94 bits per heavy atom. The lowest BCUT2D eigenvalue weighted by Gasteiger charge is -2.35. The van der Waals surface area contributed by atoms with Gasteiger partial charge >= 0.3 is 0 Å². The Kier molecular flexibility index (Phi) is 3.64. The fourth-order valence-electron chi connectivity index (χ4n) is 1.97. The van der Waals surface area contributed by atoms with Gasteiger partial charge in [0.2, 0.25) is 0 Å². The molecule has 2 rings (SSSR count). The molecule has 0 aliphatic heterocycles. The Morgan fingerprint density at radius 1 is 1.53 bits per heavy atom. The number of benzene rings is 1. The second-order valence-electron chi connectivity index (χ2n) is 4.27. The van der Waals surface area contributed by atoms with Crippen molar-refractivity contribution in [3.63, 3.8) is 0 Å². The van der Waals surface area contributed by atoms with Crippen LogP contribution >= 0.6 is 0 Å². The maximum Gasteiger partial charge on any atom is 0.251 e. The third-order valence-electron chi connectivity index (χ3n) is 2.94. The van der Waals surface area contributed by atoms with Crippen molar-refractivity contribution >= 4 is 5.91 Å². The van der Waals surface area contributed by atoms with E-state index in [4.69, 9.17) is 4.74 Å². The van der Waals surface area contributed by atoms with Crippen LogP contribution in [0.5, 0.6) is 5.75 Å². The maximum absolute atomic E-state index is 11.8. The first-order valence-corrected chi connectivity index (χ1v) is 5.90. The van der Waals surface area contributed by atoms with Crippen molar-refractivity contribution in [3.8, 4) is 5.75 Å². The Balaban J connectivity index is 1.83. The van der Waals surface area contributed by atoms with E-state index in [2.05, 4.69) is 5.32 Å². The molecule has 92 valence electrons. The third kappa shape index (κ3) is 2.97. The van der Waals surface area contributed by atoms with Crippen LogP contribution in [0, 0.1) is 0 Å². The number of aromatic hydroxyl groups is 1. The number of nitrogens with one attached hydrogen (secondary N) is 1. The lowest BCUT2D eigenvalue weighted by molar-refractivity contribution is -0.00863. The number of carbonyl (C=O) groups is 1. The molecule has 0 bridgehead atoms. The van der Waals surface area contributed by atoms with Gasteiger partial charge in [-0.1, -0.05) is 6.07 Å². The summed E-state index contributed by atoms with van der Waals surface area (Å²) >= 11 is 0. The predicted molar refractivity (Wildman–Crippen MR) is 64.0 cm³/mol. The van der Waals surface area contributed by atoms with Gasteiger partial charge in [-0.2, -0.15) is 0 Å². The van der Waals surface area contributed by atoms with Crippen molar-refractivity contribution in [1.29, 1.82) is 0 Å². The average molecular weight is 235 g/mol. The van der Waals surface area contributed by atoms with Crippen molar-refractivity contribution in [1.82, 2.24) is 5.32 Å². The third-order valence-corrected chi connectivity index (χ3v) is 2.94. The van der Waals surface area contributed by atoms with E-state index < -0.39 is 0 Å². The molecule has 1 aliphatic rings. The highest BCUT2D eigenvalue weighted by molar-refractivity contribution is 5.94. The van der Waals surface area contributed by atoms with Crippen molar-refractivity contribution in [3.05, 3.63) is 29.8 Å². The minimum atomic E-state index is -0.138. The summed E-state index contributed by atoms with van der Waals surface area (Å²) in [6.45, 7) is 2.69. The lowest BCUT2D eigenvalue weighted by atomic mass is 9.89. The van der Waals surface area contributed by atoms with Crippen molar-refractivity contribution < 1.29 is 14.6 Å². The molecule has 0 aromatic heterocycles. The number of phenolic OH excluding ortho intramolecular Hbond substituents is 1. The fraction of sp³-hybridized carbons (Fsp3) is 0.462. The summed E-state index contributed by atoms with van der Waals surface area (Å²) in [7, 11) is 0. The van der Waals surface area contributed by atoms with Gasteiger partial charge < -0.3 is 15.2 Å². The zero-order valence-electron chi connectivity index (χ0n) is 9.85. The summed E-state index contributed by atoms with van der Waals surface area (Å²) in [6, 6.07) is 6.56. The van der Waals surface area contributed by atoms with Gasteiger partial charge in [0.1, 0.15) is 5.75 Å². The molecule has 0 unspecified atom stereocenters. The first kappa shape index (κ1) is 11.9. The minimum Gasteiger partial charge on any atom is -0.508 e. The molecule has 0 radical (unpaired) electrons. The molecule has 1 saturated carbocycles. The number of hydrogen-bond donors (Lipinski definition) is 2. The zero-order valence-corrected chi connectivity index (χ0v) is 9.85. The van der Waals surface area contributed by atoms with E-state index in [0.717, 1.165) is 19.4 Å². The van der Waals surface area contributed by atoms with Crippen LogP contribution in [-0.4, -0.2) is 29.8 Å². The molecule has 2 N–H and O–H groups in total. The highest BCUT2D eigenvalue weighted by Gasteiger charge is 2.30. The largest absolute Gasteiger partial charge is 0.508 e. The average Bonchev–Trinajstić information content (AvgIpc) is 2.26. The van der Waals surface area contributed by atoms with Crippen LogP contribution in [0.2, 0.25) is 0 Å². The Bertz CT molecular complexity index is 399. The molecular weight excluding hydrogens is 218 g/mol. The molecule has 1 aliphatic carbocycles. The highest BCUT2D eigenvalue weighted by atomic mass is 16.5. The van der Waals surface area contributed by atoms with E-state index in [1.807, 2.05) is 6.92 Å². The van der Waals surface area contributed by atoms with Gasteiger partial charge in [-0.15, -0.1) is 0 Å². The summed E-state index contributed by atoms with van der Waals surface area (Å²) in [5, 5.41) is 12.2. The number of carbonyl (C=O) groups excluding carboxylic acids is 1. The molecule has 1 fully saturated rings. The first-order valence-electron chi connectivity index (χ1n) is 5.90. The highest BCUT2D eigenvalue weighted by Crippen LogP contribution is 2.23. The van der Waals surface area contributed by atoms with Gasteiger partial charge in [-0.05, 0) is 38.0 Å². The number of amides is 1. The van der Waals surface area contributed by atoms with E-state index in [9.17, 15) is 9.90 Å². The smallest absolute Gasteiger partial charge is 0.251 e. The van der Waals surface area contributed by atoms with E-state index >= 15 is 0 Å². The van der Waals surface area contributed by atoms with Crippen LogP contribution in [0.3, 0.4) is 0 Å². The zero-order chi connectivity index (χ0) is 12.3. The Labute approximate surface area is 101 Å². The summed E-state index contributed by atoms with van der Waals surface area (Å²) < 4.78 is 5.42. The fourth-order valence-corrected chi connectivity index (χ4v) is 1.97. The van der Waals surface area contributed by atoms with E-state index in [1.165, 1.54) is 6.07 Å². The van der Waals surface area contributed by atoms with Crippen LogP contribution in [-0.2, 0) is 4.74 Å². The summed E-state index contributed by atoms with van der Waals surface area (Å²) in [5.41, 5.74) is 0.491. The van der Waals surface area contributed by atoms with Crippen LogP contribution in [0.1, 0.15) is 30.1 Å².